The molecule has 1 heterocycles. The minimum Gasteiger partial charge on any atom is -0.490 e. The molecule has 0 spiro atoms. The third-order valence-electron chi connectivity index (χ3n) is 4.15. The summed E-state index contributed by atoms with van der Waals surface area (Å²) in [4.78, 5) is 4.18. The zero-order chi connectivity index (χ0) is 16.5. The molecule has 3 N–H and O–H groups in total. The summed E-state index contributed by atoms with van der Waals surface area (Å²) in [6, 6.07) is 5.43. The van der Waals surface area contributed by atoms with Gasteiger partial charge in [-0.1, -0.05) is 0 Å². The molecule has 1 saturated carbocycles. The molecule has 1 aliphatic heterocycles. The lowest BCUT2D eigenvalue weighted by molar-refractivity contribution is 0.297. The lowest BCUT2D eigenvalue weighted by Gasteiger charge is -2.12. The number of nitrogens with two attached hydrogens (primary N) is 1. The molecule has 126 valence electrons. The van der Waals surface area contributed by atoms with Crippen molar-refractivity contribution >= 4 is 21.5 Å². The van der Waals surface area contributed by atoms with E-state index in [0.717, 1.165) is 12.1 Å². The van der Waals surface area contributed by atoms with Gasteiger partial charge in [-0.2, -0.15) is 0 Å². The Balaban J connectivity index is 1.67. The predicted molar refractivity (Wildman–Crippen MR) is 89.0 cm³/mol. The third-order valence-corrected chi connectivity index (χ3v) is 6.26. The largest absolute Gasteiger partial charge is 0.490 e. The smallest absolute Gasteiger partial charge is 0.193 e. The second-order valence-corrected chi connectivity index (χ2v) is 8.40. The van der Waals surface area contributed by atoms with E-state index in [1.54, 1.807) is 6.07 Å². The Kier molecular flexibility index (Phi) is 4.09. The molecule has 8 heteroatoms. The summed E-state index contributed by atoms with van der Waals surface area (Å²) in [7, 11) is -3.10. The van der Waals surface area contributed by atoms with E-state index in [4.69, 9.17) is 15.2 Å². The first-order valence-electron chi connectivity index (χ1n) is 7.56. The van der Waals surface area contributed by atoms with Crippen LogP contribution in [0.3, 0.4) is 0 Å². The number of benzene rings is 1. The molecular weight excluding hydrogens is 318 g/mol. The summed E-state index contributed by atoms with van der Waals surface area (Å²) in [5.41, 5.74) is 6.58. The summed E-state index contributed by atoms with van der Waals surface area (Å²) in [5.74, 6) is 1.56. The first kappa shape index (κ1) is 15.9. The molecule has 2 aliphatic rings. The van der Waals surface area contributed by atoms with Crippen LogP contribution >= 0.6 is 0 Å². The highest BCUT2D eigenvalue weighted by atomic mass is 32.2. The molecule has 0 unspecified atom stereocenters. The molecule has 1 aliphatic carbocycles. The number of rotatable bonds is 4. The van der Waals surface area contributed by atoms with Gasteiger partial charge in [0, 0.05) is 24.4 Å². The molecule has 0 aromatic heterocycles. The minimum absolute atomic E-state index is 0.189. The van der Waals surface area contributed by atoms with Gasteiger partial charge < -0.3 is 20.5 Å². The van der Waals surface area contributed by atoms with Crippen LogP contribution in [0.2, 0.25) is 0 Å². The second kappa shape index (κ2) is 5.92. The number of anilines is 1. The summed E-state index contributed by atoms with van der Waals surface area (Å²) in [6.07, 6.45) is 3.39. The zero-order valence-electron chi connectivity index (χ0n) is 13.0. The molecule has 0 amide bonds. The number of aliphatic imine (C=N–C) groups is 1. The van der Waals surface area contributed by atoms with Gasteiger partial charge in [-0.15, -0.1) is 0 Å². The Morgan fingerprint density at radius 1 is 1.30 bits per heavy atom. The van der Waals surface area contributed by atoms with Crippen LogP contribution in [0.1, 0.15) is 19.3 Å². The molecule has 0 saturated heterocycles. The van der Waals surface area contributed by atoms with Gasteiger partial charge in [-0.3, -0.25) is 4.99 Å². The Morgan fingerprint density at radius 3 is 2.65 bits per heavy atom. The van der Waals surface area contributed by atoms with Gasteiger partial charge in [0.05, 0.1) is 24.5 Å². The minimum atomic E-state index is -3.10. The maximum absolute atomic E-state index is 11.7. The van der Waals surface area contributed by atoms with Crippen molar-refractivity contribution in [3.63, 3.8) is 0 Å². The van der Waals surface area contributed by atoms with Crippen LogP contribution in [0.25, 0.3) is 0 Å². The molecule has 23 heavy (non-hydrogen) atoms. The average molecular weight is 339 g/mol. The van der Waals surface area contributed by atoms with Crippen molar-refractivity contribution in [2.45, 2.75) is 24.0 Å². The predicted octanol–water partition coefficient (Wildman–Crippen LogP) is 1.15. The van der Waals surface area contributed by atoms with Crippen LogP contribution in [0.5, 0.6) is 11.5 Å². The molecule has 1 aromatic rings. The Hall–Kier alpha value is -1.96. The van der Waals surface area contributed by atoms with Gasteiger partial charge in [0.15, 0.2) is 27.3 Å². The lowest BCUT2D eigenvalue weighted by atomic mass is 10.3. The van der Waals surface area contributed by atoms with Crippen LogP contribution in [0, 0.1) is 0 Å². The average Bonchev–Trinajstić information content (AvgIpc) is 3.29. The second-order valence-electron chi connectivity index (χ2n) is 5.99. The van der Waals surface area contributed by atoms with E-state index in [9.17, 15) is 8.42 Å². The number of guanidine groups is 1. The molecule has 3 rings (SSSR count). The Bertz CT molecular complexity index is 726. The topological polar surface area (TPSA) is 103 Å². The molecular formula is C15H21N3O4S. The van der Waals surface area contributed by atoms with E-state index >= 15 is 0 Å². The number of fused-ring (bicyclic) bond motifs is 1. The van der Waals surface area contributed by atoms with E-state index in [2.05, 4.69) is 10.3 Å². The number of sulfone groups is 1. The quantitative estimate of drug-likeness (QED) is 0.630. The van der Waals surface area contributed by atoms with Crippen molar-refractivity contribution in [2.75, 3.05) is 31.3 Å². The Morgan fingerprint density at radius 2 is 2.00 bits per heavy atom. The number of nitrogens with one attached hydrogen (secondary N) is 1. The highest BCUT2D eigenvalue weighted by molar-refractivity contribution is 7.92. The highest BCUT2D eigenvalue weighted by Crippen LogP contribution is 2.43. The normalized spacial score (nSPS) is 19.8. The van der Waals surface area contributed by atoms with E-state index in [1.807, 2.05) is 12.1 Å². The SMILES string of the molecule is CS(=O)(=O)C1(CN=C(N)Nc2ccc3c(c2)OCCCO3)CC1. The summed E-state index contributed by atoms with van der Waals surface area (Å²) >= 11 is 0. The molecule has 0 atom stereocenters. The number of hydrogen-bond donors (Lipinski definition) is 2. The van der Waals surface area contributed by atoms with Crippen molar-refractivity contribution in [3.05, 3.63) is 18.2 Å². The maximum Gasteiger partial charge on any atom is 0.193 e. The maximum atomic E-state index is 11.7. The lowest BCUT2D eigenvalue weighted by Crippen LogP contribution is -2.29. The first-order chi connectivity index (χ1) is 10.9. The monoisotopic (exact) mass is 339 g/mol. The highest BCUT2D eigenvalue weighted by Gasteiger charge is 2.51. The van der Waals surface area contributed by atoms with E-state index < -0.39 is 14.6 Å². The van der Waals surface area contributed by atoms with Gasteiger partial charge in [-0.05, 0) is 25.0 Å². The fraction of sp³-hybridized carbons (Fsp3) is 0.533. The fourth-order valence-electron chi connectivity index (χ4n) is 2.44. The third kappa shape index (κ3) is 3.52. The van der Waals surface area contributed by atoms with E-state index in [1.165, 1.54) is 6.26 Å². The molecule has 7 nitrogen and oxygen atoms in total. The van der Waals surface area contributed by atoms with Gasteiger partial charge >= 0.3 is 0 Å². The fourth-order valence-corrected chi connectivity index (χ4v) is 3.59. The van der Waals surface area contributed by atoms with Crippen molar-refractivity contribution < 1.29 is 17.9 Å². The van der Waals surface area contributed by atoms with Gasteiger partial charge in [-0.25, -0.2) is 8.42 Å². The van der Waals surface area contributed by atoms with Crippen molar-refractivity contribution in [1.82, 2.24) is 0 Å². The van der Waals surface area contributed by atoms with Gasteiger partial charge in [0.1, 0.15) is 0 Å². The van der Waals surface area contributed by atoms with Crippen LogP contribution in [0.15, 0.2) is 23.2 Å². The van der Waals surface area contributed by atoms with E-state index in [-0.39, 0.29) is 12.5 Å². The molecule has 0 radical (unpaired) electrons. The summed E-state index contributed by atoms with van der Waals surface area (Å²) in [5, 5.41) is 2.96. The summed E-state index contributed by atoms with van der Waals surface area (Å²) < 4.78 is 33.9. The van der Waals surface area contributed by atoms with Gasteiger partial charge in [0.25, 0.3) is 0 Å². The molecule has 1 fully saturated rings. The van der Waals surface area contributed by atoms with Gasteiger partial charge in [0.2, 0.25) is 0 Å². The van der Waals surface area contributed by atoms with Crippen LogP contribution in [0.4, 0.5) is 5.69 Å². The van der Waals surface area contributed by atoms with Crippen LogP contribution < -0.4 is 20.5 Å². The Labute approximate surface area is 135 Å². The molecule has 0 bridgehead atoms. The number of hydrogen-bond acceptors (Lipinski definition) is 5. The zero-order valence-corrected chi connectivity index (χ0v) is 13.9. The number of nitrogens with zero attached hydrogens (tertiary/aromatic N) is 1. The standard InChI is InChI=1S/C15H21N3O4S/c1-23(19,20)15(5-6-15)10-17-14(16)18-11-3-4-12-13(9-11)22-8-2-7-21-12/h3-4,9H,2,5-8,10H2,1H3,(H3,16,17,18). The van der Waals surface area contributed by atoms with Crippen LogP contribution in [-0.2, 0) is 9.84 Å². The van der Waals surface area contributed by atoms with Crippen molar-refractivity contribution in [2.24, 2.45) is 10.7 Å². The van der Waals surface area contributed by atoms with E-state index in [0.29, 0.717) is 37.6 Å². The number of ether oxygens (including phenoxy) is 2. The molecule has 1 aromatic carbocycles. The van der Waals surface area contributed by atoms with Crippen LogP contribution in [-0.4, -0.2) is 45.1 Å². The van der Waals surface area contributed by atoms with Crippen molar-refractivity contribution in [1.29, 1.82) is 0 Å². The summed E-state index contributed by atoms with van der Waals surface area (Å²) in [6.45, 7) is 1.43. The van der Waals surface area contributed by atoms with Crippen molar-refractivity contribution in [3.8, 4) is 11.5 Å². The first-order valence-corrected chi connectivity index (χ1v) is 9.45.